The van der Waals surface area contributed by atoms with E-state index >= 15 is 0 Å². The highest BCUT2D eigenvalue weighted by Crippen LogP contribution is 2.20. The first-order valence-electron chi connectivity index (χ1n) is 5.17. The normalized spacial score (nSPS) is 9.94. The lowest BCUT2D eigenvalue weighted by molar-refractivity contribution is 0.627. The minimum absolute atomic E-state index is 0.333. The Hall–Kier alpha value is -1.86. The number of thiophene rings is 1. The number of hydrogen-bond acceptors (Lipinski definition) is 3. The molecule has 2 rings (SSSR count). The molecule has 0 bridgehead atoms. The molecule has 1 N–H and O–H groups in total. The van der Waals surface area contributed by atoms with Gasteiger partial charge in [0, 0.05) is 11.4 Å². The molecule has 2 aromatic rings. The lowest BCUT2D eigenvalue weighted by atomic mass is 10.2. The van der Waals surface area contributed by atoms with E-state index in [1.54, 1.807) is 17.4 Å². The first-order valence-corrected chi connectivity index (χ1v) is 6.05. The fourth-order valence-electron chi connectivity index (χ4n) is 1.52. The van der Waals surface area contributed by atoms with E-state index in [0.717, 1.165) is 0 Å². The standard InChI is InChI=1S/C13H11FN2S/c1-9-4-5-17-13(9)8-16-12-3-2-11(14)6-10(12)7-15/h2-6,16H,8H2,1H3. The van der Waals surface area contributed by atoms with Crippen molar-refractivity contribution in [2.45, 2.75) is 13.5 Å². The number of halogens is 1. The molecule has 1 heterocycles. The molecule has 1 aromatic carbocycles. The van der Waals surface area contributed by atoms with E-state index in [1.807, 2.05) is 18.4 Å². The fourth-order valence-corrected chi connectivity index (χ4v) is 2.37. The summed E-state index contributed by atoms with van der Waals surface area (Å²) in [5, 5.41) is 14.1. The molecule has 0 radical (unpaired) electrons. The number of nitrogens with zero attached hydrogens (tertiary/aromatic N) is 1. The quantitative estimate of drug-likeness (QED) is 0.896. The van der Waals surface area contributed by atoms with E-state index in [9.17, 15) is 4.39 Å². The van der Waals surface area contributed by atoms with Gasteiger partial charge in [0.25, 0.3) is 0 Å². The second-order valence-electron chi connectivity index (χ2n) is 3.68. The molecule has 1 aromatic heterocycles. The number of rotatable bonds is 3. The zero-order valence-electron chi connectivity index (χ0n) is 9.33. The van der Waals surface area contributed by atoms with Crippen molar-refractivity contribution in [3.63, 3.8) is 0 Å². The predicted octanol–water partition coefficient (Wildman–Crippen LogP) is 3.68. The van der Waals surface area contributed by atoms with E-state index in [-0.39, 0.29) is 5.82 Å². The van der Waals surface area contributed by atoms with Crippen LogP contribution >= 0.6 is 11.3 Å². The molecule has 0 aliphatic rings. The molecule has 4 heteroatoms. The summed E-state index contributed by atoms with van der Waals surface area (Å²) in [5.74, 6) is -0.389. The molecular formula is C13H11FN2S. The highest BCUT2D eigenvalue weighted by atomic mass is 32.1. The molecule has 0 amide bonds. The molecule has 17 heavy (non-hydrogen) atoms. The Morgan fingerprint density at radius 2 is 2.24 bits per heavy atom. The molecule has 0 fully saturated rings. The Morgan fingerprint density at radius 1 is 1.41 bits per heavy atom. The molecule has 0 aliphatic heterocycles. The van der Waals surface area contributed by atoms with Gasteiger partial charge in [-0.25, -0.2) is 4.39 Å². The van der Waals surface area contributed by atoms with Crippen LogP contribution in [0.3, 0.4) is 0 Å². The van der Waals surface area contributed by atoms with E-state index in [4.69, 9.17) is 5.26 Å². The second-order valence-corrected chi connectivity index (χ2v) is 4.68. The third kappa shape index (κ3) is 2.63. The largest absolute Gasteiger partial charge is 0.379 e. The van der Waals surface area contributed by atoms with Crippen molar-refractivity contribution in [1.82, 2.24) is 0 Å². The number of nitriles is 1. The van der Waals surface area contributed by atoms with Crippen molar-refractivity contribution >= 4 is 17.0 Å². The van der Waals surface area contributed by atoms with Crippen molar-refractivity contribution < 1.29 is 4.39 Å². The van der Waals surface area contributed by atoms with Crippen LogP contribution in [0.1, 0.15) is 16.0 Å². The van der Waals surface area contributed by atoms with Crippen LogP contribution in [0, 0.1) is 24.1 Å². The minimum atomic E-state index is -0.389. The van der Waals surface area contributed by atoms with Gasteiger partial charge in [-0.2, -0.15) is 5.26 Å². The summed E-state index contributed by atoms with van der Waals surface area (Å²) in [5.41, 5.74) is 2.23. The van der Waals surface area contributed by atoms with Crippen LogP contribution in [0.4, 0.5) is 10.1 Å². The summed E-state index contributed by atoms with van der Waals surface area (Å²) in [4.78, 5) is 1.22. The molecule has 0 spiro atoms. The summed E-state index contributed by atoms with van der Waals surface area (Å²) < 4.78 is 12.9. The van der Waals surface area contributed by atoms with Crippen molar-refractivity contribution in [2.75, 3.05) is 5.32 Å². The lowest BCUT2D eigenvalue weighted by Crippen LogP contribution is -2.01. The Labute approximate surface area is 103 Å². The van der Waals surface area contributed by atoms with Crippen LogP contribution in [-0.4, -0.2) is 0 Å². The summed E-state index contributed by atoms with van der Waals surface area (Å²) in [7, 11) is 0. The van der Waals surface area contributed by atoms with E-state index in [2.05, 4.69) is 11.4 Å². The summed E-state index contributed by atoms with van der Waals surface area (Å²) in [6.07, 6.45) is 0. The Balaban J connectivity index is 2.15. The highest BCUT2D eigenvalue weighted by Gasteiger charge is 2.04. The third-order valence-corrected chi connectivity index (χ3v) is 3.53. The Bertz CT molecular complexity index is 569. The van der Waals surface area contributed by atoms with Gasteiger partial charge in [0.15, 0.2) is 0 Å². The predicted molar refractivity (Wildman–Crippen MR) is 67.5 cm³/mol. The van der Waals surface area contributed by atoms with E-state index in [0.29, 0.717) is 17.8 Å². The summed E-state index contributed by atoms with van der Waals surface area (Å²) >= 11 is 1.67. The van der Waals surface area contributed by atoms with Crippen molar-refractivity contribution in [2.24, 2.45) is 0 Å². The molecule has 0 saturated carbocycles. The smallest absolute Gasteiger partial charge is 0.124 e. The average molecular weight is 246 g/mol. The summed E-state index contributed by atoms with van der Waals surface area (Å²) in [6, 6.07) is 8.22. The van der Waals surface area contributed by atoms with Crippen LogP contribution in [0.15, 0.2) is 29.6 Å². The number of hydrogen-bond donors (Lipinski definition) is 1. The van der Waals surface area contributed by atoms with E-state index in [1.165, 1.54) is 22.6 Å². The monoisotopic (exact) mass is 246 g/mol. The maximum Gasteiger partial charge on any atom is 0.124 e. The van der Waals surface area contributed by atoms with Gasteiger partial charge in [-0.3, -0.25) is 0 Å². The second kappa shape index (κ2) is 4.98. The highest BCUT2D eigenvalue weighted by molar-refractivity contribution is 7.10. The zero-order valence-corrected chi connectivity index (χ0v) is 10.1. The van der Waals surface area contributed by atoms with Gasteiger partial charge in [-0.1, -0.05) is 0 Å². The maximum absolute atomic E-state index is 12.9. The van der Waals surface area contributed by atoms with Crippen LogP contribution < -0.4 is 5.32 Å². The molecule has 0 unspecified atom stereocenters. The van der Waals surface area contributed by atoms with Crippen LogP contribution in [0.5, 0.6) is 0 Å². The first-order chi connectivity index (χ1) is 8.20. The number of benzene rings is 1. The topological polar surface area (TPSA) is 35.8 Å². The Morgan fingerprint density at radius 3 is 2.88 bits per heavy atom. The van der Waals surface area contributed by atoms with Gasteiger partial charge in [-0.15, -0.1) is 11.3 Å². The van der Waals surface area contributed by atoms with E-state index < -0.39 is 0 Å². The summed E-state index contributed by atoms with van der Waals surface area (Å²) in [6.45, 7) is 2.70. The molecule has 86 valence electrons. The van der Waals surface area contributed by atoms with Crippen molar-refractivity contribution in [3.05, 3.63) is 51.5 Å². The number of nitrogens with one attached hydrogen (secondary N) is 1. The molecule has 0 atom stereocenters. The third-order valence-electron chi connectivity index (χ3n) is 2.51. The lowest BCUT2D eigenvalue weighted by Gasteiger charge is -2.07. The van der Waals surface area contributed by atoms with Gasteiger partial charge in [0.2, 0.25) is 0 Å². The Kier molecular flexibility index (Phi) is 3.40. The van der Waals surface area contributed by atoms with Gasteiger partial charge >= 0.3 is 0 Å². The van der Waals surface area contributed by atoms with Crippen LogP contribution in [-0.2, 0) is 6.54 Å². The van der Waals surface area contributed by atoms with Gasteiger partial charge in [0.05, 0.1) is 11.3 Å². The molecule has 2 nitrogen and oxygen atoms in total. The van der Waals surface area contributed by atoms with Crippen LogP contribution in [0.25, 0.3) is 0 Å². The maximum atomic E-state index is 12.9. The number of aryl methyl sites for hydroxylation is 1. The average Bonchev–Trinajstić information content (AvgIpc) is 2.73. The van der Waals surface area contributed by atoms with Crippen molar-refractivity contribution in [3.8, 4) is 6.07 Å². The SMILES string of the molecule is Cc1ccsc1CNc1ccc(F)cc1C#N. The van der Waals surface area contributed by atoms with Crippen molar-refractivity contribution in [1.29, 1.82) is 5.26 Å². The zero-order chi connectivity index (χ0) is 12.3. The van der Waals surface area contributed by atoms with Gasteiger partial charge < -0.3 is 5.32 Å². The van der Waals surface area contributed by atoms with Gasteiger partial charge in [-0.05, 0) is 42.1 Å². The minimum Gasteiger partial charge on any atom is -0.379 e. The number of anilines is 1. The first kappa shape index (κ1) is 11.6. The van der Waals surface area contributed by atoms with Gasteiger partial charge in [0.1, 0.15) is 11.9 Å². The molecular weight excluding hydrogens is 235 g/mol. The molecule has 0 saturated heterocycles. The van der Waals surface area contributed by atoms with Crippen LogP contribution in [0.2, 0.25) is 0 Å². The molecule has 0 aliphatic carbocycles. The fraction of sp³-hybridized carbons (Fsp3) is 0.154.